The summed E-state index contributed by atoms with van der Waals surface area (Å²) in [6.45, 7) is 3.82. The van der Waals surface area contributed by atoms with Crippen molar-refractivity contribution in [3.05, 3.63) is 39.3 Å². The van der Waals surface area contributed by atoms with Gasteiger partial charge in [-0.2, -0.15) is 0 Å². The van der Waals surface area contributed by atoms with Crippen molar-refractivity contribution >= 4 is 57.5 Å². The molecule has 0 unspecified atom stereocenters. The summed E-state index contributed by atoms with van der Waals surface area (Å²) in [7, 11) is 1.36. The van der Waals surface area contributed by atoms with Crippen molar-refractivity contribution in [3.63, 3.8) is 0 Å². The van der Waals surface area contributed by atoms with Crippen molar-refractivity contribution in [2.24, 2.45) is 0 Å². The lowest BCUT2D eigenvalue weighted by Gasteiger charge is -2.06. The Bertz CT molecular complexity index is 601. The molecule has 98 valence electrons. The van der Waals surface area contributed by atoms with Crippen LogP contribution < -0.4 is 5.32 Å². The summed E-state index contributed by atoms with van der Waals surface area (Å²) < 4.78 is 23.5. The van der Waals surface area contributed by atoms with E-state index in [1.54, 1.807) is 0 Å². The Morgan fingerprint density at radius 2 is 2.00 bits per heavy atom. The van der Waals surface area contributed by atoms with Gasteiger partial charge in [0.1, 0.15) is 0 Å². The lowest BCUT2D eigenvalue weighted by Crippen LogP contribution is -2.24. The fraction of sp³-hybridized carbons (Fsp3) is 0.100. The van der Waals surface area contributed by atoms with Crippen LogP contribution in [0, 0.1) is 0 Å². The van der Waals surface area contributed by atoms with Gasteiger partial charge in [0.25, 0.3) is 15.0 Å². The molecule has 8 heteroatoms. The second kappa shape index (κ2) is 6.18. The van der Waals surface area contributed by atoms with Gasteiger partial charge in [0.05, 0.1) is 4.90 Å². The number of carbonyl (C=O) groups excluding carboxylic acids is 1. The van der Waals surface area contributed by atoms with Crippen LogP contribution in [-0.2, 0) is 9.05 Å². The van der Waals surface area contributed by atoms with Gasteiger partial charge in [0.15, 0.2) is 0 Å². The van der Waals surface area contributed by atoms with Gasteiger partial charge in [-0.25, -0.2) is 8.42 Å². The number of amides is 1. The van der Waals surface area contributed by atoms with E-state index in [0.29, 0.717) is 8.96 Å². The summed E-state index contributed by atoms with van der Waals surface area (Å²) in [6.07, 6.45) is 0. The third-order valence-corrected chi connectivity index (χ3v) is 3.93. The highest BCUT2D eigenvalue weighted by atomic mass is 79.9. The maximum absolute atomic E-state index is 11.7. The minimum atomic E-state index is -3.88. The number of halogens is 3. The number of carbonyl (C=O) groups is 1. The van der Waals surface area contributed by atoms with Crippen LogP contribution in [0.2, 0.25) is 0 Å². The van der Waals surface area contributed by atoms with Crippen LogP contribution in [0.25, 0.3) is 0 Å². The zero-order valence-corrected chi connectivity index (χ0v) is 13.7. The van der Waals surface area contributed by atoms with E-state index in [2.05, 4.69) is 43.8 Å². The first-order chi connectivity index (χ1) is 8.20. The minimum absolute atomic E-state index is 0.138. The van der Waals surface area contributed by atoms with Gasteiger partial charge >= 0.3 is 0 Å². The molecule has 0 fully saturated rings. The first-order valence-corrected chi connectivity index (χ1v) is 8.46. The topological polar surface area (TPSA) is 63.2 Å². The van der Waals surface area contributed by atoms with E-state index in [1.165, 1.54) is 18.2 Å². The van der Waals surface area contributed by atoms with Crippen LogP contribution in [0.4, 0.5) is 0 Å². The third-order valence-electron chi connectivity index (χ3n) is 1.86. The van der Waals surface area contributed by atoms with Crippen LogP contribution >= 0.6 is 42.5 Å². The first kappa shape index (κ1) is 15.7. The van der Waals surface area contributed by atoms with E-state index in [4.69, 9.17) is 10.7 Å². The standard InChI is InChI=1S/C10H8Br2ClNO3S/c1-6(11)5-14-10(15)7-2-8(12)4-9(3-7)18(13,16)17/h2-4H,1,5H2,(H,14,15). The second-order valence-corrected chi connectivity index (χ2v) is 7.92. The second-order valence-electron chi connectivity index (χ2n) is 3.31. The van der Waals surface area contributed by atoms with E-state index in [-0.39, 0.29) is 17.0 Å². The maximum atomic E-state index is 11.7. The molecule has 1 aromatic carbocycles. The molecule has 0 aliphatic carbocycles. The Morgan fingerprint density at radius 1 is 1.39 bits per heavy atom. The zero-order valence-electron chi connectivity index (χ0n) is 8.91. The van der Waals surface area contributed by atoms with Crippen molar-refractivity contribution < 1.29 is 13.2 Å². The molecule has 18 heavy (non-hydrogen) atoms. The molecular formula is C10H8Br2ClNO3S. The fourth-order valence-corrected chi connectivity index (χ4v) is 2.70. The zero-order chi connectivity index (χ0) is 13.9. The predicted octanol–water partition coefficient (Wildman–Crippen LogP) is 3.02. The largest absolute Gasteiger partial charge is 0.347 e. The predicted molar refractivity (Wildman–Crippen MR) is 77.6 cm³/mol. The Kier molecular flexibility index (Phi) is 5.39. The van der Waals surface area contributed by atoms with E-state index in [1.807, 2.05) is 0 Å². The van der Waals surface area contributed by atoms with E-state index < -0.39 is 15.0 Å². The van der Waals surface area contributed by atoms with Gasteiger partial charge in [-0.1, -0.05) is 38.4 Å². The van der Waals surface area contributed by atoms with Crippen LogP contribution in [0.3, 0.4) is 0 Å². The normalized spacial score (nSPS) is 11.1. The van der Waals surface area contributed by atoms with Gasteiger partial charge in [-0.05, 0) is 18.2 Å². The Hall–Kier alpha value is -0.370. The Labute approximate surface area is 126 Å². The average molecular weight is 418 g/mol. The average Bonchev–Trinajstić information content (AvgIpc) is 2.23. The minimum Gasteiger partial charge on any atom is -0.347 e. The molecule has 0 heterocycles. The van der Waals surface area contributed by atoms with E-state index in [9.17, 15) is 13.2 Å². The SMILES string of the molecule is C=C(Br)CNC(=O)c1cc(Br)cc(S(=O)(=O)Cl)c1. The van der Waals surface area contributed by atoms with E-state index >= 15 is 0 Å². The molecule has 0 saturated heterocycles. The number of hydrogen-bond acceptors (Lipinski definition) is 3. The molecule has 4 nitrogen and oxygen atoms in total. The quantitative estimate of drug-likeness (QED) is 0.766. The first-order valence-electron chi connectivity index (χ1n) is 4.57. The highest BCUT2D eigenvalue weighted by molar-refractivity contribution is 9.11. The van der Waals surface area contributed by atoms with Crippen LogP contribution in [0.1, 0.15) is 10.4 Å². The summed E-state index contributed by atoms with van der Waals surface area (Å²) in [5.74, 6) is -0.418. The lowest BCUT2D eigenvalue weighted by molar-refractivity contribution is 0.0957. The molecule has 0 aromatic heterocycles. The molecule has 0 saturated carbocycles. The number of nitrogens with one attached hydrogen (secondary N) is 1. The van der Waals surface area contributed by atoms with Gasteiger partial charge < -0.3 is 5.32 Å². The lowest BCUT2D eigenvalue weighted by atomic mass is 10.2. The van der Waals surface area contributed by atoms with Gasteiger partial charge in [-0.3, -0.25) is 4.79 Å². The number of rotatable bonds is 4. The molecule has 1 rings (SSSR count). The number of benzene rings is 1. The monoisotopic (exact) mass is 415 g/mol. The summed E-state index contributed by atoms with van der Waals surface area (Å²) in [5, 5.41) is 2.56. The van der Waals surface area contributed by atoms with E-state index in [0.717, 1.165) is 0 Å². The van der Waals surface area contributed by atoms with Crippen molar-refractivity contribution in [2.75, 3.05) is 6.54 Å². The summed E-state index contributed by atoms with van der Waals surface area (Å²) >= 11 is 6.22. The molecule has 0 bridgehead atoms. The summed E-state index contributed by atoms with van der Waals surface area (Å²) in [5.41, 5.74) is 0.192. The molecular weight excluding hydrogens is 409 g/mol. The molecule has 0 aliphatic rings. The van der Waals surface area contributed by atoms with Gasteiger partial charge in [0, 0.05) is 31.7 Å². The van der Waals surface area contributed by atoms with Crippen molar-refractivity contribution in [1.82, 2.24) is 5.32 Å². The smallest absolute Gasteiger partial charge is 0.261 e. The van der Waals surface area contributed by atoms with Crippen molar-refractivity contribution in [3.8, 4) is 0 Å². The molecule has 0 spiro atoms. The highest BCUT2D eigenvalue weighted by Crippen LogP contribution is 2.22. The summed E-state index contributed by atoms with van der Waals surface area (Å²) in [6, 6.07) is 4.03. The maximum Gasteiger partial charge on any atom is 0.261 e. The third kappa shape index (κ3) is 4.72. The molecule has 0 radical (unpaired) electrons. The fourth-order valence-electron chi connectivity index (χ4n) is 1.11. The van der Waals surface area contributed by atoms with Crippen LogP contribution in [0.5, 0.6) is 0 Å². The molecule has 0 aliphatic heterocycles. The van der Waals surface area contributed by atoms with Crippen molar-refractivity contribution in [1.29, 1.82) is 0 Å². The Balaban J connectivity index is 3.07. The van der Waals surface area contributed by atoms with Gasteiger partial charge in [-0.15, -0.1) is 0 Å². The summed E-state index contributed by atoms with van der Waals surface area (Å²) in [4.78, 5) is 11.6. The molecule has 1 amide bonds. The van der Waals surface area contributed by atoms with Crippen LogP contribution in [0.15, 0.2) is 38.6 Å². The molecule has 0 atom stereocenters. The highest BCUT2D eigenvalue weighted by Gasteiger charge is 2.15. The molecule has 1 N–H and O–H groups in total. The van der Waals surface area contributed by atoms with Crippen molar-refractivity contribution in [2.45, 2.75) is 4.90 Å². The number of hydrogen-bond donors (Lipinski definition) is 1. The van der Waals surface area contributed by atoms with Gasteiger partial charge in [0.2, 0.25) is 0 Å². The Morgan fingerprint density at radius 3 is 2.50 bits per heavy atom. The van der Waals surface area contributed by atoms with Crippen LogP contribution in [-0.4, -0.2) is 20.9 Å². The molecule has 1 aromatic rings.